The highest BCUT2D eigenvalue weighted by Crippen LogP contribution is 2.34. The van der Waals surface area contributed by atoms with Gasteiger partial charge in [0, 0.05) is 43.9 Å². The van der Waals surface area contributed by atoms with Crippen LogP contribution in [0.15, 0.2) is 53.1 Å². The van der Waals surface area contributed by atoms with Crippen LogP contribution in [0.4, 0.5) is 16.3 Å². The average Bonchev–Trinajstić information content (AvgIpc) is 3.31. The van der Waals surface area contributed by atoms with Crippen LogP contribution < -0.4 is 10.2 Å². The third-order valence-corrected chi connectivity index (χ3v) is 6.66. The van der Waals surface area contributed by atoms with Crippen molar-refractivity contribution in [3.8, 4) is 11.3 Å². The first kappa shape index (κ1) is 23.4. The number of benzene rings is 2. The van der Waals surface area contributed by atoms with Crippen LogP contribution in [0.1, 0.15) is 19.2 Å². The number of hydrogen-bond acceptors (Lipinski definition) is 6. The first-order valence-corrected chi connectivity index (χ1v) is 12.3. The molecule has 1 fully saturated rings. The quantitative estimate of drug-likeness (QED) is 0.359. The SMILES string of the molecule is CCCc1nc(N2CCN(C(=O)Nc3ccc(Cl)c(Cl)c3)CC2)c2c(-c3ccccc3)noc2n1. The fraction of sp³-hybridized carbons (Fsp3) is 0.280. The normalized spacial score (nSPS) is 13.9. The lowest BCUT2D eigenvalue weighted by Crippen LogP contribution is -2.50. The van der Waals surface area contributed by atoms with Crippen molar-refractivity contribution in [3.05, 3.63) is 64.4 Å². The maximum atomic E-state index is 12.8. The Labute approximate surface area is 212 Å². The van der Waals surface area contributed by atoms with Gasteiger partial charge in [0.1, 0.15) is 22.7 Å². The monoisotopic (exact) mass is 510 g/mol. The molecule has 4 aromatic rings. The van der Waals surface area contributed by atoms with E-state index in [4.69, 9.17) is 32.7 Å². The average molecular weight is 511 g/mol. The minimum absolute atomic E-state index is 0.183. The van der Waals surface area contributed by atoms with Crippen LogP contribution in [0.5, 0.6) is 0 Å². The second kappa shape index (κ2) is 10.1. The highest BCUT2D eigenvalue weighted by molar-refractivity contribution is 6.42. The zero-order valence-corrected chi connectivity index (χ0v) is 20.7. The molecule has 0 saturated carbocycles. The summed E-state index contributed by atoms with van der Waals surface area (Å²) < 4.78 is 5.64. The highest BCUT2D eigenvalue weighted by Gasteiger charge is 2.27. The summed E-state index contributed by atoms with van der Waals surface area (Å²) in [5, 5.41) is 8.85. The number of amides is 2. The number of aromatic nitrogens is 3. The van der Waals surface area contributed by atoms with Crippen LogP contribution in [0, 0.1) is 0 Å². The number of nitrogens with zero attached hydrogens (tertiary/aromatic N) is 5. The van der Waals surface area contributed by atoms with E-state index in [9.17, 15) is 4.79 Å². The second-order valence-electron chi connectivity index (χ2n) is 8.32. The number of urea groups is 1. The van der Waals surface area contributed by atoms with Gasteiger partial charge < -0.3 is 19.6 Å². The molecule has 2 aromatic carbocycles. The largest absolute Gasteiger partial charge is 0.352 e. The van der Waals surface area contributed by atoms with E-state index < -0.39 is 0 Å². The maximum Gasteiger partial charge on any atom is 0.321 e. The summed E-state index contributed by atoms with van der Waals surface area (Å²) in [6.07, 6.45) is 1.67. The first-order chi connectivity index (χ1) is 17.0. The van der Waals surface area contributed by atoms with Gasteiger partial charge >= 0.3 is 6.03 Å². The molecular weight excluding hydrogens is 487 g/mol. The second-order valence-corrected chi connectivity index (χ2v) is 9.14. The minimum atomic E-state index is -0.183. The van der Waals surface area contributed by atoms with E-state index >= 15 is 0 Å². The van der Waals surface area contributed by atoms with E-state index in [1.165, 1.54) is 0 Å². The Hall–Kier alpha value is -3.36. The number of halogens is 2. The molecule has 0 bridgehead atoms. The number of rotatable bonds is 5. The molecule has 0 unspecified atom stereocenters. The Morgan fingerprint density at radius 2 is 1.80 bits per heavy atom. The minimum Gasteiger partial charge on any atom is -0.352 e. The Bertz CT molecular complexity index is 1350. The van der Waals surface area contributed by atoms with Gasteiger partial charge in [-0.3, -0.25) is 0 Å². The van der Waals surface area contributed by atoms with Gasteiger partial charge in [0.25, 0.3) is 5.71 Å². The lowest BCUT2D eigenvalue weighted by molar-refractivity contribution is 0.208. The fourth-order valence-corrected chi connectivity index (χ4v) is 4.43. The molecule has 0 spiro atoms. The van der Waals surface area contributed by atoms with Crippen molar-refractivity contribution in [2.24, 2.45) is 0 Å². The molecule has 1 saturated heterocycles. The van der Waals surface area contributed by atoms with E-state index in [0.29, 0.717) is 47.6 Å². The van der Waals surface area contributed by atoms with Crippen molar-refractivity contribution >= 4 is 51.8 Å². The maximum absolute atomic E-state index is 12.8. The summed E-state index contributed by atoms with van der Waals surface area (Å²) in [5.74, 6) is 1.52. The van der Waals surface area contributed by atoms with Crippen molar-refractivity contribution < 1.29 is 9.32 Å². The van der Waals surface area contributed by atoms with Crippen molar-refractivity contribution in [1.82, 2.24) is 20.0 Å². The zero-order chi connectivity index (χ0) is 24.4. The molecule has 1 aliphatic heterocycles. The summed E-state index contributed by atoms with van der Waals surface area (Å²) in [4.78, 5) is 26.3. The van der Waals surface area contributed by atoms with E-state index in [-0.39, 0.29) is 6.03 Å². The smallest absolute Gasteiger partial charge is 0.321 e. The standard InChI is InChI=1S/C25H24Cl2N6O2/c1-2-6-20-29-23(21-22(31-35-24(21)30-20)16-7-4-3-5-8-16)32-11-13-33(14-12-32)25(34)28-17-9-10-18(26)19(27)15-17/h3-5,7-10,15H,2,6,11-14H2,1H3,(H,28,34). The van der Waals surface area contributed by atoms with Crippen LogP contribution in [0.2, 0.25) is 10.0 Å². The number of fused-ring (bicyclic) bond motifs is 1. The van der Waals surface area contributed by atoms with E-state index in [1.54, 1.807) is 23.1 Å². The van der Waals surface area contributed by atoms with Gasteiger partial charge in [-0.05, 0) is 24.6 Å². The zero-order valence-electron chi connectivity index (χ0n) is 19.2. The Morgan fingerprint density at radius 1 is 1.03 bits per heavy atom. The van der Waals surface area contributed by atoms with Crippen LogP contribution in [-0.2, 0) is 6.42 Å². The Kier molecular flexibility index (Phi) is 6.74. The van der Waals surface area contributed by atoms with E-state index in [2.05, 4.69) is 27.3 Å². The molecule has 8 nitrogen and oxygen atoms in total. The number of hydrogen-bond donors (Lipinski definition) is 1. The molecule has 5 rings (SSSR count). The van der Waals surface area contributed by atoms with Crippen LogP contribution in [-0.4, -0.2) is 52.2 Å². The number of carbonyl (C=O) groups is 1. The van der Waals surface area contributed by atoms with Crippen molar-refractivity contribution in [3.63, 3.8) is 0 Å². The van der Waals surface area contributed by atoms with Gasteiger partial charge in [-0.1, -0.05) is 65.6 Å². The number of nitrogens with one attached hydrogen (secondary N) is 1. The molecule has 10 heteroatoms. The molecule has 0 radical (unpaired) electrons. The predicted molar refractivity (Wildman–Crippen MR) is 138 cm³/mol. The third-order valence-electron chi connectivity index (χ3n) is 5.92. The van der Waals surface area contributed by atoms with Gasteiger partial charge in [-0.25, -0.2) is 9.78 Å². The number of aryl methyl sites for hydroxylation is 1. The van der Waals surface area contributed by atoms with Gasteiger partial charge in [-0.15, -0.1) is 0 Å². The Morgan fingerprint density at radius 3 is 2.51 bits per heavy atom. The summed E-state index contributed by atoms with van der Waals surface area (Å²) in [6, 6.07) is 14.7. The van der Waals surface area contributed by atoms with Crippen molar-refractivity contribution in [2.75, 3.05) is 36.4 Å². The summed E-state index contributed by atoms with van der Waals surface area (Å²) >= 11 is 12.0. The number of piperazine rings is 1. The highest BCUT2D eigenvalue weighted by atomic mass is 35.5. The molecule has 35 heavy (non-hydrogen) atoms. The fourth-order valence-electron chi connectivity index (χ4n) is 4.13. The van der Waals surface area contributed by atoms with Gasteiger partial charge in [0.05, 0.1) is 10.0 Å². The number of carbonyl (C=O) groups excluding carboxylic acids is 1. The van der Waals surface area contributed by atoms with Gasteiger partial charge in [0.2, 0.25) is 0 Å². The molecule has 1 aliphatic rings. The molecule has 0 aliphatic carbocycles. The van der Waals surface area contributed by atoms with Gasteiger partial charge in [0.15, 0.2) is 0 Å². The molecule has 2 amide bonds. The summed E-state index contributed by atoms with van der Waals surface area (Å²) in [7, 11) is 0. The van der Waals surface area contributed by atoms with Crippen LogP contribution in [0.3, 0.4) is 0 Å². The van der Waals surface area contributed by atoms with Crippen LogP contribution in [0.25, 0.3) is 22.4 Å². The number of anilines is 2. The lowest BCUT2D eigenvalue weighted by atomic mass is 10.1. The van der Waals surface area contributed by atoms with Gasteiger partial charge in [-0.2, -0.15) is 4.98 Å². The summed E-state index contributed by atoms with van der Waals surface area (Å²) in [6.45, 7) is 4.40. The molecule has 0 atom stereocenters. The topological polar surface area (TPSA) is 87.4 Å². The first-order valence-electron chi connectivity index (χ1n) is 11.5. The lowest BCUT2D eigenvalue weighted by Gasteiger charge is -2.35. The molecule has 180 valence electrons. The van der Waals surface area contributed by atoms with Crippen molar-refractivity contribution in [2.45, 2.75) is 19.8 Å². The van der Waals surface area contributed by atoms with Crippen molar-refractivity contribution in [1.29, 1.82) is 0 Å². The molecule has 1 N–H and O–H groups in total. The van der Waals surface area contributed by atoms with Crippen LogP contribution >= 0.6 is 23.2 Å². The predicted octanol–water partition coefficient (Wildman–Crippen LogP) is 5.90. The van der Waals surface area contributed by atoms with E-state index in [1.807, 2.05) is 30.3 Å². The molecule has 2 aromatic heterocycles. The van der Waals surface area contributed by atoms with E-state index in [0.717, 1.165) is 41.1 Å². The molecule has 3 heterocycles. The Balaban J connectivity index is 1.38. The third kappa shape index (κ3) is 4.90. The molecular formula is C25H24Cl2N6O2. The summed E-state index contributed by atoms with van der Waals surface area (Å²) in [5.41, 5.74) is 2.75.